The number of halogens is 1. The quantitative estimate of drug-likeness (QED) is 0.720. The van der Waals surface area contributed by atoms with Gasteiger partial charge in [0.05, 0.1) is 5.69 Å². The third-order valence-corrected chi connectivity index (χ3v) is 1.94. The van der Waals surface area contributed by atoms with Crippen molar-refractivity contribution in [3.8, 4) is 0 Å². The molecule has 0 aliphatic rings. The molecule has 0 radical (unpaired) electrons. The van der Waals surface area contributed by atoms with Crippen LogP contribution in [0, 0.1) is 5.82 Å². The molecular weight excluding hydrogens is 167 g/mol. The molecular formula is C10H9FN2. The molecule has 2 N–H and O–H groups in total. The maximum atomic E-state index is 13.2. The Kier molecular flexibility index (Phi) is 1.94. The monoisotopic (exact) mass is 176 g/mol. The van der Waals surface area contributed by atoms with Crippen molar-refractivity contribution in [2.24, 2.45) is 5.73 Å². The lowest BCUT2D eigenvalue weighted by atomic mass is 10.2. The Bertz CT molecular complexity index is 440. The third-order valence-electron chi connectivity index (χ3n) is 1.94. The molecule has 0 fully saturated rings. The molecule has 66 valence electrons. The molecule has 0 spiro atoms. The molecule has 0 aliphatic carbocycles. The number of fused-ring (bicyclic) bond motifs is 1. The highest BCUT2D eigenvalue weighted by Crippen LogP contribution is 2.15. The van der Waals surface area contributed by atoms with E-state index in [-0.39, 0.29) is 5.82 Å². The van der Waals surface area contributed by atoms with Crippen molar-refractivity contribution >= 4 is 10.9 Å². The molecule has 3 heteroatoms. The average Bonchev–Trinajstić information content (AvgIpc) is 2.18. The molecule has 0 saturated carbocycles. The van der Waals surface area contributed by atoms with Crippen LogP contribution in [0.3, 0.4) is 0 Å². The maximum absolute atomic E-state index is 13.2. The SMILES string of the molecule is NCc1ccc2cccc(F)c2n1. The van der Waals surface area contributed by atoms with Crippen molar-refractivity contribution in [1.29, 1.82) is 0 Å². The van der Waals surface area contributed by atoms with Crippen LogP contribution in [0.1, 0.15) is 5.69 Å². The number of para-hydroxylation sites is 1. The normalized spacial score (nSPS) is 10.6. The number of pyridine rings is 1. The zero-order valence-electron chi connectivity index (χ0n) is 7.00. The number of benzene rings is 1. The van der Waals surface area contributed by atoms with E-state index in [1.54, 1.807) is 6.07 Å². The van der Waals surface area contributed by atoms with Gasteiger partial charge in [-0.2, -0.15) is 0 Å². The second kappa shape index (κ2) is 3.11. The average molecular weight is 176 g/mol. The molecule has 2 nitrogen and oxygen atoms in total. The number of rotatable bonds is 1. The molecule has 0 aliphatic heterocycles. The number of hydrogen-bond donors (Lipinski definition) is 1. The Balaban J connectivity index is 2.74. The Morgan fingerprint density at radius 3 is 2.85 bits per heavy atom. The van der Waals surface area contributed by atoms with Gasteiger partial charge in [0.1, 0.15) is 11.3 Å². The van der Waals surface area contributed by atoms with Crippen LogP contribution in [0.2, 0.25) is 0 Å². The summed E-state index contributed by atoms with van der Waals surface area (Å²) in [6.07, 6.45) is 0. The maximum Gasteiger partial charge on any atom is 0.149 e. The van der Waals surface area contributed by atoms with Gasteiger partial charge in [-0.1, -0.05) is 18.2 Å². The first kappa shape index (κ1) is 8.13. The first-order valence-corrected chi connectivity index (χ1v) is 4.05. The van der Waals surface area contributed by atoms with Crippen molar-refractivity contribution < 1.29 is 4.39 Å². The molecule has 0 atom stereocenters. The van der Waals surface area contributed by atoms with E-state index in [9.17, 15) is 4.39 Å². The molecule has 1 aromatic heterocycles. The lowest BCUT2D eigenvalue weighted by Crippen LogP contribution is -1.99. The fraction of sp³-hybridized carbons (Fsp3) is 0.100. The predicted molar refractivity (Wildman–Crippen MR) is 49.6 cm³/mol. The minimum absolute atomic E-state index is 0.298. The number of nitrogens with zero attached hydrogens (tertiary/aromatic N) is 1. The topological polar surface area (TPSA) is 38.9 Å². The first-order valence-electron chi connectivity index (χ1n) is 4.05. The van der Waals surface area contributed by atoms with Gasteiger partial charge in [-0.15, -0.1) is 0 Å². The summed E-state index contributed by atoms with van der Waals surface area (Å²) >= 11 is 0. The minimum Gasteiger partial charge on any atom is -0.325 e. The lowest BCUT2D eigenvalue weighted by molar-refractivity contribution is 0.636. The Labute approximate surface area is 75.2 Å². The van der Waals surface area contributed by atoms with Crippen LogP contribution in [0.25, 0.3) is 10.9 Å². The van der Waals surface area contributed by atoms with E-state index in [1.807, 2.05) is 18.2 Å². The lowest BCUT2D eigenvalue weighted by Gasteiger charge is -2.00. The van der Waals surface area contributed by atoms with Gasteiger partial charge in [0.25, 0.3) is 0 Å². The Morgan fingerprint density at radius 1 is 1.23 bits per heavy atom. The molecule has 1 heterocycles. The Hall–Kier alpha value is -1.48. The highest BCUT2D eigenvalue weighted by atomic mass is 19.1. The van der Waals surface area contributed by atoms with Gasteiger partial charge in [0.2, 0.25) is 0 Å². The van der Waals surface area contributed by atoms with Crippen LogP contribution < -0.4 is 5.73 Å². The molecule has 2 rings (SSSR count). The van der Waals surface area contributed by atoms with E-state index in [1.165, 1.54) is 6.07 Å². The summed E-state index contributed by atoms with van der Waals surface area (Å²) in [5.74, 6) is -0.298. The summed E-state index contributed by atoms with van der Waals surface area (Å²) in [4.78, 5) is 4.09. The van der Waals surface area contributed by atoms with Gasteiger partial charge in [-0.3, -0.25) is 0 Å². The second-order valence-electron chi connectivity index (χ2n) is 2.82. The van der Waals surface area contributed by atoms with Gasteiger partial charge in [-0.05, 0) is 12.1 Å². The zero-order valence-corrected chi connectivity index (χ0v) is 7.00. The minimum atomic E-state index is -0.298. The molecule has 13 heavy (non-hydrogen) atoms. The van der Waals surface area contributed by atoms with Crippen molar-refractivity contribution in [3.63, 3.8) is 0 Å². The zero-order chi connectivity index (χ0) is 9.26. The van der Waals surface area contributed by atoms with Gasteiger partial charge in [0.15, 0.2) is 0 Å². The highest BCUT2D eigenvalue weighted by molar-refractivity contribution is 5.79. The van der Waals surface area contributed by atoms with Gasteiger partial charge in [-0.25, -0.2) is 9.37 Å². The van der Waals surface area contributed by atoms with E-state index in [2.05, 4.69) is 4.98 Å². The largest absolute Gasteiger partial charge is 0.325 e. The van der Waals surface area contributed by atoms with Crippen LogP contribution in [-0.4, -0.2) is 4.98 Å². The number of aromatic nitrogens is 1. The fourth-order valence-corrected chi connectivity index (χ4v) is 1.26. The summed E-state index contributed by atoms with van der Waals surface area (Å²) in [5, 5.41) is 0.803. The van der Waals surface area contributed by atoms with Crippen LogP contribution >= 0.6 is 0 Å². The van der Waals surface area contributed by atoms with Crippen LogP contribution in [0.4, 0.5) is 4.39 Å². The summed E-state index contributed by atoms with van der Waals surface area (Å²) < 4.78 is 13.2. The smallest absolute Gasteiger partial charge is 0.149 e. The van der Waals surface area contributed by atoms with Crippen LogP contribution in [0.15, 0.2) is 30.3 Å². The summed E-state index contributed by atoms with van der Waals surface area (Å²) in [6.45, 7) is 0.338. The van der Waals surface area contributed by atoms with Crippen molar-refractivity contribution in [1.82, 2.24) is 4.98 Å². The van der Waals surface area contributed by atoms with Crippen LogP contribution in [-0.2, 0) is 6.54 Å². The summed E-state index contributed by atoms with van der Waals surface area (Å²) in [5.41, 5.74) is 6.51. The van der Waals surface area contributed by atoms with E-state index in [0.717, 1.165) is 5.39 Å². The van der Waals surface area contributed by atoms with Gasteiger partial charge in [0, 0.05) is 11.9 Å². The predicted octanol–water partition coefficient (Wildman–Crippen LogP) is 1.83. The first-order chi connectivity index (χ1) is 6.31. The molecule has 1 aromatic carbocycles. The highest BCUT2D eigenvalue weighted by Gasteiger charge is 2.01. The van der Waals surface area contributed by atoms with Gasteiger partial charge < -0.3 is 5.73 Å². The molecule has 0 bridgehead atoms. The molecule has 2 aromatic rings. The Morgan fingerprint density at radius 2 is 2.08 bits per heavy atom. The number of nitrogens with two attached hydrogens (primary N) is 1. The van der Waals surface area contributed by atoms with E-state index in [0.29, 0.717) is 17.8 Å². The van der Waals surface area contributed by atoms with Gasteiger partial charge >= 0.3 is 0 Å². The summed E-state index contributed by atoms with van der Waals surface area (Å²) in [7, 11) is 0. The van der Waals surface area contributed by atoms with E-state index < -0.39 is 0 Å². The molecule has 0 saturated heterocycles. The van der Waals surface area contributed by atoms with E-state index >= 15 is 0 Å². The molecule has 0 amide bonds. The summed E-state index contributed by atoms with van der Waals surface area (Å²) in [6, 6.07) is 8.53. The third kappa shape index (κ3) is 1.38. The second-order valence-corrected chi connectivity index (χ2v) is 2.82. The molecule has 0 unspecified atom stereocenters. The van der Waals surface area contributed by atoms with Crippen molar-refractivity contribution in [2.75, 3.05) is 0 Å². The standard InChI is InChI=1S/C10H9FN2/c11-9-3-1-2-7-4-5-8(6-12)13-10(7)9/h1-5H,6,12H2. The van der Waals surface area contributed by atoms with Crippen LogP contribution in [0.5, 0.6) is 0 Å². The van der Waals surface area contributed by atoms with Crippen molar-refractivity contribution in [3.05, 3.63) is 41.8 Å². The fourth-order valence-electron chi connectivity index (χ4n) is 1.26. The van der Waals surface area contributed by atoms with E-state index in [4.69, 9.17) is 5.73 Å². The number of hydrogen-bond acceptors (Lipinski definition) is 2. The van der Waals surface area contributed by atoms with Crippen molar-refractivity contribution in [2.45, 2.75) is 6.54 Å².